The summed E-state index contributed by atoms with van der Waals surface area (Å²) in [4.78, 5) is 0. The smallest absolute Gasteiger partial charge is 0.220 e. The molecule has 0 radical (unpaired) electrons. The van der Waals surface area contributed by atoms with Gasteiger partial charge in [0.1, 0.15) is 23.4 Å². The first-order valence-corrected chi connectivity index (χ1v) is 6.65. The Morgan fingerprint density at radius 2 is 1.55 bits per heavy atom. The maximum absolute atomic E-state index is 10.5. The number of rotatable bonds is 5. The number of allylic oxidation sites excluding steroid dienone is 1. The van der Waals surface area contributed by atoms with Gasteiger partial charge in [-0.1, -0.05) is 0 Å². The molecule has 6 nitrogen and oxygen atoms in total. The average molecular weight is 308 g/mol. The summed E-state index contributed by atoms with van der Waals surface area (Å²) >= 11 is 0. The van der Waals surface area contributed by atoms with Gasteiger partial charge in [-0.3, -0.25) is 0 Å². The number of aliphatic hydroxyl groups is 2. The summed E-state index contributed by atoms with van der Waals surface area (Å²) < 4.78 is 20.7. The SMILES string of the molecule is COC1=CC(O)(OC)C(O)C(c2cc(OC)cc(OC)c2)=C1. The minimum absolute atomic E-state index is 0.381. The highest BCUT2D eigenvalue weighted by atomic mass is 16.6. The molecule has 0 aromatic heterocycles. The second-order valence-corrected chi connectivity index (χ2v) is 4.81. The molecule has 6 heteroatoms. The van der Waals surface area contributed by atoms with Gasteiger partial charge in [0.25, 0.3) is 0 Å². The first kappa shape index (κ1) is 16.4. The third-order valence-electron chi connectivity index (χ3n) is 3.58. The van der Waals surface area contributed by atoms with E-state index in [0.29, 0.717) is 28.4 Å². The van der Waals surface area contributed by atoms with Crippen molar-refractivity contribution in [1.82, 2.24) is 0 Å². The standard InChI is InChI=1S/C16H20O6/c1-19-11-5-10(6-12(7-11)20-2)14-8-13(21-3)9-16(18,22-4)15(14)17/h5-9,15,17-18H,1-4H3. The highest BCUT2D eigenvalue weighted by molar-refractivity contribution is 5.75. The van der Waals surface area contributed by atoms with Crippen molar-refractivity contribution in [2.75, 3.05) is 28.4 Å². The van der Waals surface area contributed by atoms with Gasteiger partial charge in [-0.15, -0.1) is 0 Å². The lowest BCUT2D eigenvalue weighted by atomic mass is 9.89. The molecule has 2 rings (SSSR count). The molecule has 22 heavy (non-hydrogen) atoms. The van der Waals surface area contributed by atoms with E-state index < -0.39 is 11.9 Å². The average Bonchev–Trinajstić information content (AvgIpc) is 2.56. The zero-order valence-electron chi connectivity index (χ0n) is 13.0. The lowest BCUT2D eigenvalue weighted by molar-refractivity contribution is -0.194. The fourth-order valence-corrected chi connectivity index (χ4v) is 2.28. The van der Waals surface area contributed by atoms with E-state index in [-0.39, 0.29) is 0 Å². The van der Waals surface area contributed by atoms with Crippen molar-refractivity contribution in [3.63, 3.8) is 0 Å². The van der Waals surface area contributed by atoms with Crippen molar-refractivity contribution in [1.29, 1.82) is 0 Å². The van der Waals surface area contributed by atoms with E-state index >= 15 is 0 Å². The van der Waals surface area contributed by atoms with Crippen molar-refractivity contribution in [3.05, 3.63) is 41.7 Å². The summed E-state index contributed by atoms with van der Waals surface area (Å²) in [7, 11) is 5.86. The zero-order valence-corrected chi connectivity index (χ0v) is 13.0. The van der Waals surface area contributed by atoms with E-state index in [1.807, 2.05) is 0 Å². The van der Waals surface area contributed by atoms with E-state index in [4.69, 9.17) is 18.9 Å². The topological polar surface area (TPSA) is 77.4 Å². The predicted molar refractivity (Wildman–Crippen MR) is 80.6 cm³/mol. The minimum Gasteiger partial charge on any atom is -0.497 e. The quantitative estimate of drug-likeness (QED) is 0.799. The van der Waals surface area contributed by atoms with Crippen LogP contribution < -0.4 is 9.47 Å². The minimum atomic E-state index is -1.87. The van der Waals surface area contributed by atoms with Gasteiger partial charge in [-0.25, -0.2) is 0 Å². The lowest BCUT2D eigenvalue weighted by Crippen LogP contribution is -2.45. The molecule has 0 saturated heterocycles. The Balaban J connectivity index is 2.55. The highest BCUT2D eigenvalue weighted by Crippen LogP contribution is 2.36. The summed E-state index contributed by atoms with van der Waals surface area (Å²) in [5.41, 5.74) is 1.06. The van der Waals surface area contributed by atoms with Crippen molar-refractivity contribution in [3.8, 4) is 11.5 Å². The Labute approximate surface area is 129 Å². The van der Waals surface area contributed by atoms with Crippen molar-refractivity contribution in [2.45, 2.75) is 11.9 Å². The summed E-state index contributed by atoms with van der Waals surface area (Å²) in [5.74, 6) is -0.355. The van der Waals surface area contributed by atoms with E-state index in [1.54, 1.807) is 24.3 Å². The van der Waals surface area contributed by atoms with Gasteiger partial charge in [0, 0.05) is 19.3 Å². The molecule has 2 unspecified atom stereocenters. The first-order chi connectivity index (χ1) is 10.5. The normalized spacial score (nSPS) is 24.4. The van der Waals surface area contributed by atoms with Crippen LogP contribution >= 0.6 is 0 Å². The Morgan fingerprint density at radius 1 is 0.955 bits per heavy atom. The molecule has 120 valence electrons. The molecule has 0 heterocycles. The maximum Gasteiger partial charge on any atom is 0.220 e. The van der Waals surface area contributed by atoms with Gasteiger partial charge in [-0.05, 0) is 29.3 Å². The molecule has 2 atom stereocenters. The number of methoxy groups -OCH3 is 4. The molecule has 0 saturated carbocycles. The molecule has 2 N–H and O–H groups in total. The van der Waals surface area contributed by atoms with Gasteiger partial charge >= 0.3 is 0 Å². The van der Waals surface area contributed by atoms with Crippen LogP contribution in [0.4, 0.5) is 0 Å². The number of ether oxygens (including phenoxy) is 4. The van der Waals surface area contributed by atoms with Gasteiger partial charge in [0.05, 0.1) is 21.3 Å². The molecule has 0 fully saturated rings. The van der Waals surface area contributed by atoms with Crippen LogP contribution in [0.2, 0.25) is 0 Å². The molecule has 1 aromatic rings. The van der Waals surface area contributed by atoms with Gasteiger partial charge in [0.15, 0.2) is 0 Å². The highest BCUT2D eigenvalue weighted by Gasteiger charge is 2.40. The Hall–Kier alpha value is -2.02. The van der Waals surface area contributed by atoms with Crippen LogP contribution in [0.15, 0.2) is 36.1 Å². The molecule has 0 amide bonds. The Bertz CT molecular complexity index is 584. The van der Waals surface area contributed by atoms with Gasteiger partial charge in [-0.2, -0.15) is 0 Å². The van der Waals surface area contributed by atoms with Gasteiger partial charge in [0.2, 0.25) is 5.79 Å². The van der Waals surface area contributed by atoms with Crippen LogP contribution in [0.5, 0.6) is 11.5 Å². The van der Waals surface area contributed by atoms with Crippen molar-refractivity contribution < 1.29 is 29.2 Å². The molecule has 1 aromatic carbocycles. The number of benzene rings is 1. The lowest BCUT2D eigenvalue weighted by Gasteiger charge is -2.33. The van der Waals surface area contributed by atoms with Crippen molar-refractivity contribution in [2.24, 2.45) is 0 Å². The Morgan fingerprint density at radius 3 is 2.00 bits per heavy atom. The van der Waals surface area contributed by atoms with Crippen LogP contribution in [0.1, 0.15) is 5.56 Å². The van der Waals surface area contributed by atoms with Crippen LogP contribution in [0.3, 0.4) is 0 Å². The molecule has 1 aliphatic carbocycles. The maximum atomic E-state index is 10.5. The summed E-state index contributed by atoms with van der Waals surface area (Å²) in [6, 6.07) is 5.17. The Kier molecular flexibility index (Phi) is 4.75. The second-order valence-electron chi connectivity index (χ2n) is 4.81. The summed E-state index contributed by atoms with van der Waals surface area (Å²) in [6.45, 7) is 0. The monoisotopic (exact) mass is 308 g/mol. The van der Waals surface area contributed by atoms with Crippen molar-refractivity contribution >= 4 is 5.57 Å². The van der Waals surface area contributed by atoms with Crippen LogP contribution in [-0.4, -0.2) is 50.5 Å². The fourth-order valence-electron chi connectivity index (χ4n) is 2.28. The van der Waals surface area contributed by atoms with E-state index in [0.717, 1.165) is 0 Å². The third-order valence-corrected chi connectivity index (χ3v) is 3.58. The molecule has 0 bridgehead atoms. The van der Waals surface area contributed by atoms with E-state index in [1.165, 1.54) is 34.5 Å². The zero-order chi connectivity index (χ0) is 16.3. The summed E-state index contributed by atoms with van der Waals surface area (Å²) in [5, 5.41) is 20.9. The fraction of sp³-hybridized carbons (Fsp3) is 0.375. The predicted octanol–water partition coefficient (Wildman–Crippen LogP) is 1.33. The van der Waals surface area contributed by atoms with Crippen LogP contribution in [0, 0.1) is 0 Å². The molecule has 1 aliphatic rings. The van der Waals surface area contributed by atoms with Gasteiger partial charge < -0.3 is 29.2 Å². The number of aliphatic hydroxyl groups excluding tert-OH is 1. The van der Waals surface area contributed by atoms with E-state index in [9.17, 15) is 10.2 Å². The second kappa shape index (κ2) is 6.39. The first-order valence-electron chi connectivity index (χ1n) is 6.65. The summed E-state index contributed by atoms with van der Waals surface area (Å²) in [6.07, 6.45) is 1.67. The molecular formula is C16H20O6. The number of hydrogen-bond acceptors (Lipinski definition) is 6. The molecule has 0 aliphatic heterocycles. The largest absolute Gasteiger partial charge is 0.497 e. The van der Waals surface area contributed by atoms with Crippen LogP contribution in [0.25, 0.3) is 5.57 Å². The molecule has 0 spiro atoms. The third kappa shape index (κ3) is 2.94. The van der Waals surface area contributed by atoms with Crippen LogP contribution in [-0.2, 0) is 9.47 Å². The molecular weight excluding hydrogens is 288 g/mol. The number of hydrogen-bond donors (Lipinski definition) is 2. The van der Waals surface area contributed by atoms with E-state index in [2.05, 4.69) is 0 Å².